The highest BCUT2D eigenvalue weighted by molar-refractivity contribution is 6.30. The van der Waals surface area contributed by atoms with E-state index in [1.165, 1.54) is 6.08 Å². The molecule has 0 aliphatic heterocycles. The number of carbonyl (C=O) groups excluding carboxylic acids is 2. The number of hydrogen-bond acceptors (Lipinski definition) is 5. The van der Waals surface area contributed by atoms with Crippen molar-refractivity contribution in [2.75, 3.05) is 24.4 Å². The normalized spacial score (nSPS) is 10.7. The minimum absolute atomic E-state index is 0.143. The Balaban J connectivity index is 1.71. The van der Waals surface area contributed by atoms with Gasteiger partial charge in [0.1, 0.15) is 23.1 Å². The number of nitriles is 1. The number of benzene rings is 3. The number of carbonyl (C=O) groups is 2. The van der Waals surface area contributed by atoms with Crippen molar-refractivity contribution in [1.29, 1.82) is 5.26 Å². The van der Waals surface area contributed by atoms with Crippen molar-refractivity contribution >= 4 is 40.9 Å². The van der Waals surface area contributed by atoms with E-state index in [1.807, 2.05) is 25.1 Å². The second-order valence-electron chi connectivity index (χ2n) is 7.24. The monoisotopic (exact) mass is 475 g/mol. The first-order chi connectivity index (χ1) is 16.4. The van der Waals surface area contributed by atoms with Crippen molar-refractivity contribution in [3.63, 3.8) is 0 Å². The van der Waals surface area contributed by atoms with Crippen molar-refractivity contribution in [3.8, 4) is 17.6 Å². The molecule has 3 aromatic rings. The summed E-state index contributed by atoms with van der Waals surface area (Å²) >= 11 is 6.10. The minimum atomic E-state index is -0.575. The molecule has 0 aliphatic rings. The molecule has 8 heteroatoms. The highest BCUT2D eigenvalue weighted by Gasteiger charge is 2.13. The third-order valence-corrected chi connectivity index (χ3v) is 4.91. The van der Waals surface area contributed by atoms with E-state index < -0.39 is 5.91 Å². The summed E-state index contributed by atoms with van der Waals surface area (Å²) in [5.74, 6) is 0.0129. The van der Waals surface area contributed by atoms with Gasteiger partial charge in [0.05, 0.1) is 7.11 Å². The van der Waals surface area contributed by atoms with E-state index in [1.54, 1.807) is 61.7 Å². The fraction of sp³-hybridized carbons (Fsp3) is 0.115. The lowest BCUT2D eigenvalue weighted by atomic mass is 10.1. The average molecular weight is 476 g/mol. The lowest BCUT2D eigenvalue weighted by Crippen LogP contribution is -2.20. The Morgan fingerprint density at radius 3 is 2.29 bits per heavy atom. The van der Waals surface area contributed by atoms with Gasteiger partial charge in [-0.3, -0.25) is 9.59 Å². The van der Waals surface area contributed by atoms with Crippen LogP contribution >= 0.6 is 11.6 Å². The first kappa shape index (κ1) is 24.4. The van der Waals surface area contributed by atoms with Crippen LogP contribution in [0.3, 0.4) is 0 Å². The Labute approximate surface area is 202 Å². The van der Waals surface area contributed by atoms with Crippen LogP contribution in [0.2, 0.25) is 5.02 Å². The predicted octanol–water partition coefficient (Wildman–Crippen LogP) is 5.22. The second kappa shape index (κ2) is 11.5. The van der Waals surface area contributed by atoms with Crippen molar-refractivity contribution in [1.82, 2.24) is 0 Å². The molecule has 0 saturated heterocycles. The third kappa shape index (κ3) is 6.86. The molecule has 2 amide bonds. The Kier molecular flexibility index (Phi) is 8.27. The summed E-state index contributed by atoms with van der Waals surface area (Å²) in [6.45, 7) is 1.65. The lowest BCUT2D eigenvalue weighted by Gasteiger charge is -2.11. The van der Waals surface area contributed by atoms with Crippen LogP contribution in [-0.2, 0) is 9.59 Å². The summed E-state index contributed by atoms with van der Waals surface area (Å²) in [7, 11) is 1.56. The maximum Gasteiger partial charge on any atom is 0.266 e. The van der Waals surface area contributed by atoms with Crippen LogP contribution in [0.25, 0.3) is 6.08 Å². The van der Waals surface area contributed by atoms with Gasteiger partial charge in [-0.15, -0.1) is 0 Å². The summed E-state index contributed by atoms with van der Waals surface area (Å²) in [6, 6.07) is 20.7. The molecule has 2 N–H and O–H groups in total. The van der Waals surface area contributed by atoms with E-state index >= 15 is 0 Å². The molecule has 0 saturated carbocycles. The molecule has 3 aromatic carbocycles. The highest BCUT2D eigenvalue weighted by atomic mass is 35.5. The molecule has 0 unspecified atom stereocenters. The fourth-order valence-corrected chi connectivity index (χ4v) is 3.10. The van der Waals surface area contributed by atoms with Crippen LogP contribution in [0.4, 0.5) is 11.4 Å². The number of rotatable bonds is 8. The van der Waals surface area contributed by atoms with Crippen LogP contribution < -0.4 is 20.1 Å². The number of ether oxygens (including phenoxy) is 2. The molecule has 0 heterocycles. The Morgan fingerprint density at radius 2 is 1.65 bits per heavy atom. The Bertz CT molecular complexity index is 1250. The summed E-state index contributed by atoms with van der Waals surface area (Å²) in [4.78, 5) is 24.9. The molecule has 0 bridgehead atoms. The van der Waals surface area contributed by atoms with Crippen molar-refractivity contribution in [2.24, 2.45) is 0 Å². The molecule has 0 spiro atoms. The zero-order valence-corrected chi connectivity index (χ0v) is 19.3. The lowest BCUT2D eigenvalue weighted by molar-refractivity contribution is -0.118. The van der Waals surface area contributed by atoms with Gasteiger partial charge in [-0.05, 0) is 67.6 Å². The number of amides is 2. The molecular weight excluding hydrogens is 454 g/mol. The standard InChI is InChI=1S/C26H22ClN3O4/c1-17-3-6-22(7-4-17)30-26(32)19(15-28)13-18-14-20(27)5-12-24(18)34-16-25(31)29-21-8-10-23(33-2)11-9-21/h3-14H,16H2,1-2H3,(H,29,31)(H,30,32)/b19-13-. The number of aryl methyl sites for hydroxylation is 1. The SMILES string of the molecule is COc1ccc(NC(=O)COc2ccc(Cl)cc2/C=C(/C#N)C(=O)Nc2ccc(C)cc2)cc1. The zero-order valence-electron chi connectivity index (χ0n) is 18.6. The van der Waals surface area contributed by atoms with Gasteiger partial charge >= 0.3 is 0 Å². The first-order valence-electron chi connectivity index (χ1n) is 10.2. The number of hydrogen-bond donors (Lipinski definition) is 2. The molecule has 0 atom stereocenters. The summed E-state index contributed by atoms with van der Waals surface area (Å²) in [5, 5.41) is 15.3. The van der Waals surface area contributed by atoms with Gasteiger partial charge < -0.3 is 20.1 Å². The van der Waals surface area contributed by atoms with Crippen LogP contribution in [0.5, 0.6) is 11.5 Å². The first-order valence-corrected chi connectivity index (χ1v) is 10.6. The number of nitrogens with zero attached hydrogens (tertiary/aromatic N) is 1. The van der Waals surface area contributed by atoms with Crippen LogP contribution in [0, 0.1) is 18.3 Å². The molecule has 0 aliphatic carbocycles. The summed E-state index contributed by atoms with van der Waals surface area (Å²) < 4.78 is 10.7. The van der Waals surface area contributed by atoms with Gasteiger partial charge in [0, 0.05) is 22.0 Å². The summed E-state index contributed by atoms with van der Waals surface area (Å²) in [5.41, 5.74) is 2.45. The molecule has 172 valence electrons. The highest BCUT2D eigenvalue weighted by Crippen LogP contribution is 2.26. The second-order valence-corrected chi connectivity index (χ2v) is 7.67. The van der Waals surface area contributed by atoms with Gasteiger partial charge in [0.25, 0.3) is 11.8 Å². The third-order valence-electron chi connectivity index (χ3n) is 4.68. The van der Waals surface area contributed by atoms with Crippen LogP contribution in [0.1, 0.15) is 11.1 Å². The Hall–Kier alpha value is -4.28. The van der Waals surface area contributed by atoms with Crippen molar-refractivity contribution in [2.45, 2.75) is 6.92 Å². The van der Waals surface area contributed by atoms with E-state index in [2.05, 4.69) is 10.6 Å². The number of anilines is 2. The number of halogens is 1. The number of methoxy groups -OCH3 is 1. The van der Waals surface area contributed by atoms with E-state index in [0.29, 0.717) is 33.5 Å². The largest absolute Gasteiger partial charge is 0.497 e. The van der Waals surface area contributed by atoms with Gasteiger partial charge in [-0.25, -0.2) is 0 Å². The fourth-order valence-electron chi connectivity index (χ4n) is 2.92. The smallest absolute Gasteiger partial charge is 0.266 e. The summed E-state index contributed by atoms with van der Waals surface area (Å²) in [6.07, 6.45) is 1.37. The van der Waals surface area contributed by atoms with Gasteiger partial charge in [-0.2, -0.15) is 5.26 Å². The average Bonchev–Trinajstić information content (AvgIpc) is 2.83. The molecule has 34 heavy (non-hydrogen) atoms. The predicted molar refractivity (Wildman–Crippen MR) is 132 cm³/mol. The molecular formula is C26H22ClN3O4. The van der Waals surface area contributed by atoms with Gasteiger partial charge in [0.2, 0.25) is 0 Å². The van der Waals surface area contributed by atoms with Crippen molar-refractivity contribution < 1.29 is 19.1 Å². The van der Waals surface area contributed by atoms with Gasteiger partial charge in [-0.1, -0.05) is 29.3 Å². The molecule has 0 radical (unpaired) electrons. The molecule has 0 aromatic heterocycles. The molecule has 0 fully saturated rings. The maximum absolute atomic E-state index is 12.6. The van der Waals surface area contributed by atoms with Crippen molar-refractivity contribution in [3.05, 3.63) is 88.5 Å². The van der Waals surface area contributed by atoms with Crippen LogP contribution in [0.15, 0.2) is 72.3 Å². The maximum atomic E-state index is 12.6. The number of nitrogens with one attached hydrogen (secondary N) is 2. The van der Waals surface area contributed by atoms with E-state index in [-0.39, 0.29) is 18.1 Å². The van der Waals surface area contributed by atoms with E-state index in [0.717, 1.165) is 5.56 Å². The topological polar surface area (TPSA) is 100 Å². The molecule has 3 rings (SSSR count). The Morgan fingerprint density at radius 1 is 1.00 bits per heavy atom. The van der Waals surface area contributed by atoms with E-state index in [9.17, 15) is 14.9 Å². The quantitative estimate of drug-likeness (QED) is 0.343. The van der Waals surface area contributed by atoms with Crippen LogP contribution in [-0.4, -0.2) is 25.5 Å². The minimum Gasteiger partial charge on any atom is -0.497 e. The van der Waals surface area contributed by atoms with Gasteiger partial charge in [0.15, 0.2) is 6.61 Å². The molecule has 7 nitrogen and oxygen atoms in total. The van der Waals surface area contributed by atoms with E-state index in [4.69, 9.17) is 21.1 Å². The zero-order chi connectivity index (χ0) is 24.5.